The maximum Gasteiger partial charge on any atom is 0.341 e. The van der Waals surface area contributed by atoms with Crippen molar-refractivity contribution in [3.8, 4) is 5.75 Å². The predicted molar refractivity (Wildman–Crippen MR) is 59.9 cm³/mol. The summed E-state index contributed by atoms with van der Waals surface area (Å²) in [5.41, 5.74) is 6.26. The van der Waals surface area contributed by atoms with Crippen LogP contribution in [0.3, 0.4) is 0 Å². The SMILES string of the molecule is COC(=O)c1cc(CC(N)=S)ccc1O. The molecule has 0 aromatic heterocycles. The van der Waals surface area contributed by atoms with Crippen molar-refractivity contribution in [3.05, 3.63) is 29.3 Å². The Labute approximate surface area is 92.7 Å². The van der Waals surface area contributed by atoms with E-state index in [0.29, 0.717) is 11.4 Å². The topological polar surface area (TPSA) is 72.5 Å². The third-order valence-corrected chi connectivity index (χ3v) is 1.99. The third-order valence-electron chi connectivity index (χ3n) is 1.84. The molecule has 4 nitrogen and oxygen atoms in total. The molecule has 0 aliphatic heterocycles. The standard InChI is InChI=1S/C10H11NO3S/c1-14-10(13)7-4-6(5-9(11)15)2-3-8(7)12/h2-4,12H,5H2,1H3,(H2,11,15). The summed E-state index contributed by atoms with van der Waals surface area (Å²) < 4.78 is 4.51. The van der Waals surface area contributed by atoms with Crippen molar-refractivity contribution < 1.29 is 14.6 Å². The molecule has 1 rings (SSSR count). The number of carbonyl (C=O) groups excluding carboxylic acids is 1. The van der Waals surface area contributed by atoms with Crippen molar-refractivity contribution in [3.63, 3.8) is 0 Å². The molecule has 0 amide bonds. The number of rotatable bonds is 3. The van der Waals surface area contributed by atoms with Crippen LogP contribution in [0.25, 0.3) is 0 Å². The van der Waals surface area contributed by atoms with Crippen LogP contribution < -0.4 is 5.73 Å². The highest BCUT2D eigenvalue weighted by Crippen LogP contribution is 2.19. The first-order valence-electron chi connectivity index (χ1n) is 4.23. The Balaban J connectivity index is 3.05. The van der Waals surface area contributed by atoms with Crippen LogP contribution in [0.5, 0.6) is 5.75 Å². The highest BCUT2D eigenvalue weighted by atomic mass is 32.1. The van der Waals surface area contributed by atoms with E-state index < -0.39 is 5.97 Å². The van der Waals surface area contributed by atoms with E-state index in [9.17, 15) is 9.90 Å². The molecule has 0 unspecified atom stereocenters. The van der Waals surface area contributed by atoms with Gasteiger partial charge in [-0.3, -0.25) is 0 Å². The summed E-state index contributed by atoms with van der Waals surface area (Å²) in [5, 5.41) is 9.41. The summed E-state index contributed by atoms with van der Waals surface area (Å²) in [6.45, 7) is 0. The Morgan fingerprint density at radius 2 is 2.27 bits per heavy atom. The fraction of sp³-hybridized carbons (Fsp3) is 0.200. The molecule has 0 fully saturated rings. The van der Waals surface area contributed by atoms with Gasteiger partial charge in [0.25, 0.3) is 0 Å². The lowest BCUT2D eigenvalue weighted by Gasteiger charge is -2.05. The quantitative estimate of drug-likeness (QED) is 0.593. The molecule has 0 radical (unpaired) electrons. The van der Waals surface area contributed by atoms with Gasteiger partial charge in [0.1, 0.15) is 11.3 Å². The summed E-state index contributed by atoms with van der Waals surface area (Å²) in [4.78, 5) is 11.6. The lowest BCUT2D eigenvalue weighted by atomic mass is 10.1. The maximum absolute atomic E-state index is 11.2. The Bertz CT molecular complexity index is 404. The van der Waals surface area contributed by atoms with Crippen LogP contribution in [0.15, 0.2) is 18.2 Å². The van der Waals surface area contributed by atoms with Crippen LogP contribution in [0.1, 0.15) is 15.9 Å². The van der Waals surface area contributed by atoms with Gasteiger partial charge in [-0.1, -0.05) is 18.3 Å². The summed E-state index contributed by atoms with van der Waals surface area (Å²) >= 11 is 4.75. The van der Waals surface area contributed by atoms with Crippen LogP contribution >= 0.6 is 12.2 Å². The molecule has 0 bridgehead atoms. The van der Waals surface area contributed by atoms with E-state index in [4.69, 9.17) is 18.0 Å². The number of phenolic OH excluding ortho intramolecular Hbond substituents is 1. The molecule has 0 spiro atoms. The van der Waals surface area contributed by atoms with Gasteiger partial charge in [-0.05, 0) is 17.7 Å². The van der Waals surface area contributed by atoms with E-state index in [1.54, 1.807) is 6.07 Å². The number of ether oxygens (including phenoxy) is 1. The van der Waals surface area contributed by atoms with Crippen LogP contribution in [0, 0.1) is 0 Å². The van der Waals surface area contributed by atoms with Gasteiger partial charge in [0, 0.05) is 6.42 Å². The van der Waals surface area contributed by atoms with Gasteiger partial charge in [-0.2, -0.15) is 0 Å². The van der Waals surface area contributed by atoms with Crippen molar-refractivity contribution in [1.29, 1.82) is 0 Å². The fourth-order valence-electron chi connectivity index (χ4n) is 1.17. The van der Waals surface area contributed by atoms with Crippen molar-refractivity contribution in [2.75, 3.05) is 7.11 Å². The van der Waals surface area contributed by atoms with Crippen molar-refractivity contribution in [1.82, 2.24) is 0 Å². The molecule has 0 aliphatic rings. The lowest BCUT2D eigenvalue weighted by Crippen LogP contribution is -2.11. The number of hydrogen-bond acceptors (Lipinski definition) is 4. The molecule has 0 saturated carbocycles. The summed E-state index contributed by atoms with van der Waals surface area (Å²) in [6.07, 6.45) is 0.388. The summed E-state index contributed by atoms with van der Waals surface area (Å²) in [5.74, 6) is -0.703. The second-order valence-corrected chi connectivity index (χ2v) is 3.51. The first kappa shape index (κ1) is 11.5. The van der Waals surface area contributed by atoms with Crippen molar-refractivity contribution >= 4 is 23.2 Å². The Kier molecular flexibility index (Phi) is 3.62. The minimum atomic E-state index is -0.586. The van der Waals surface area contributed by atoms with Crippen LogP contribution in [0.2, 0.25) is 0 Å². The highest BCUT2D eigenvalue weighted by Gasteiger charge is 2.12. The van der Waals surface area contributed by atoms with E-state index in [-0.39, 0.29) is 11.3 Å². The number of nitrogens with two attached hydrogens (primary N) is 1. The average molecular weight is 225 g/mol. The van der Waals surface area contributed by atoms with E-state index in [1.165, 1.54) is 19.2 Å². The average Bonchev–Trinajstić information content (AvgIpc) is 2.19. The largest absolute Gasteiger partial charge is 0.507 e. The van der Waals surface area contributed by atoms with Crippen LogP contribution in [-0.2, 0) is 11.2 Å². The van der Waals surface area contributed by atoms with Gasteiger partial charge in [-0.25, -0.2) is 4.79 Å². The van der Waals surface area contributed by atoms with Gasteiger partial charge >= 0.3 is 5.97 Å². The number of aromatic hydroxyl groups is 1. The van der Waals surface area contributed by atoms with Gasteiger partial charge in [-0.15, -0.1) is 0 Å². The molecule has 0 aliphatic carbocycles. The second kappa shape index (κ2) is 4.75. The molecule has 80 valence electrons. The normalized spacial score (nSPS) is 9.67. The van der Waals surface area contributed by atoms with Crippen LogP contribution in [0.4, 0.5) is 0 Å². The Morgan fingerprint density at radius 1 is 1.60 bits per heavy atom. The Hall–Kier alpha value is -1.62. The smallest absolute Gasteiger partial charge is 0.341 e. The van der Waals surface area contributed by atoms with Crippen LogP contribution in [-0.4, -0.2) is 23.2 Å². The zero-order chi connectivity index (χ0) is 11.4. The molecule has 15 heavy (non-hydrogen) atoms. The number of benzene rings is 1. The third kappa shape index (κ3) is 2.92. The van der Waals surface area contributed by atoms with E-state index in [2.05, 4.69) is 4.74 Å². The molecule has 5 heteroatoms. The summed E-state index contributed by atoms with van der Waals surface area (Å²) in [6, 6.07) is 4.58. The number of esters is 1. The molecule has 1 aromatic rings. The number of phenols is 1. The molecule has 1 aromatic carbocycles. The first-order chi connectivity index (χ1) is 7.04. The van der Waals surface area contributed by atoms with Crippen molar-refractivity contribution in [2.24, 2.45) is 5.73 Å². The second-order valence-electron chi connectivity index (χ2n) is 2.99. The molecule has 0 heterocycles. The number of methoxy groups -OCH3 is 1. The molecular weight excluding hydrogens is 214 g/mol. The van der Waals surface area contributed by atoms with E-state index >= 15 is 0 Å². The number of thiocarbonyl (C=S) groups is 1. The minimum absolute atomic E-state index is 0.117. The van der Waals surface area contributed by atoms with Gasteiger partial charge in [0.2, 0.25) is 0 Å². The van der Waals surface area contributed by atoms with Crippen molar-refractivity contribution in [2.45, 2.75) is 6.42 Å². The summed E-state index contributed by atoms with van der Waals surface area (Å²) in [7, 11) is 1.25. The molecular formula is C10H11NO3S. The Morgan fingerprint density at radius 3 is 2.80 bits per heavy atom. The zero-order valence-corrected chi connectivity index (χ0v) is 9.00. The minimum Gasteiger partial charge on any atom is -0.507 e. The van der Waals surface area contributed by atoms with Gasteiger partial charge in [0.05, 0.1) is 12.1 Å². The fourth-order valence-corrected chi connectivity index (χ4v) is 1.33. The maximum atomic E-state index is 11.2. The predicted octanol–water partition coefficient (Wildman–Crippen LogP) is 1.01. The molecule has 0 atom stereocenters. The van der Waals surface area contributed by atoms with Gasteiger partial charge in [0.15, 0.2) is 0 Å². The van der Waals surface area contributed by atoms with E-state index in [1.807, 2.05) is 0 Å². The van der Waals surface area contributed by atoms with E-state index in [0.717, 1.165) is 5.56 Å². The lowest BCUT2D eigenvalue weighted by molar-refractivity contribution is 0.0597. The number of carbonyl (C=O) groups is 1. The first-order valence-corrected chi connectivity index (χ1v) is 4.64. The highest BCUT2D eigenvalue weighted by molar-refractivity contribution is 7.80. The monoisotopic (exact) mass is 225 g/mol. The zero-order valence-electron chi connectivity index (χ0n) is 8.19. The molecule has 0 saturated heterocycles. The number of hydrogen-bond donors (Lipinski definition) is 2. The molecule has 3 N–H and O–H groups in total. The van der Waals surface area contributed by atoms with Gasteiger partial charge < -0.3 is 15.6 Å².